The number of carbonyl (C=O) groups is 2. The Morgan fingerprint density at radius 3 is 2.87 bits per heavy atom. The van der Waals surface area contributed by atoms with Gasteiger partial charge in [0.25, 0.3) is 0 Å². The van der Waals surface area contributed by atoms with Crippen LogP contribution in [0.3, 0.4) is 0 Å². The van der Waals surface area contributed by atoms with E-state index in [0.717, 1.165) is 11.3 Å². The van der Waals surface area contributed by atoms with Crippen LogP contribution in [0.25, 0.3) is 5.69 Å². The summed E-state index contributed by atoms with van der Waals surface area (Å²) in [4.78, 5) is 27.7. The van der Waals surface area contributed by atoms with E-state index in [1.54, 1.807) is 20.0 Å². The fourth-order valence-corrected chi connectivity index (χ4v) is 2.86. The number of rotatable bonds is 5. The normalized spacial score (nSPS) is 11.8. The van der Waals surface area contributed by atoms with Gasteiger partial charge in [0.2, 0.25) is 5.91 Å². The van der Waals surface area contributed by atoms with Crippen molar-refractivity contribution in [1.82, 2.24) is 20.2 Å². The number of hydrogen-bond acceptors (Lipinski definition) is 4. The number of aromatic nitrogens is 2. The molecule has 0 saturated heterocycles. The Balaban J connectivity index is 2.08. The number of imidazole rings is 1. The van der Waals surface area contributed by atoms with Crippen LogP contribution >= 0.6 is 11.8 Å². The summed E-state index contributed by atoms with van der Waals surface area (Å²) in [6.45, 7) is 6.03. The van der Waals surface area contributed by atoms with Crippen molar-refractivity contribution in [3.8, 4) is 5.69 Å². The molecule has 122 valence electrons. The van der Waals surface area contributed by atoms with E-state index in [-0.39, 0.29) is 5.91 Å². The third-order valence-electron chi connectivity index (χ3n) is 3.11. The topological polar surface area (TPSA) is 76.0 Å². The van der Waals surface area contributed by atoms with Gasteiger partial charge in [-0.15, -0.1) is 0 Å². The van der Waals surface area contributed by atoms with Crippen molar-refractivity contribution in [2.75, 3.05) is 6.54 Å². The van der Waals surface area contributed by atoms with Gasteiger partial charge in [-0.25, -0.2) is 9.78 Å². The molecule has 1 atom stereocenters. The van der Waals surface area contributed by atoms with Crippen molar-refractivity contribution < 1.29 is 9.59 Å². The molecule has 2 rings (SSSR count). The molecule has 0 fully saturated rings. The lowest BCUT2D eigenvalue weighted by Gasteiger charge is -2.13. The number of thioether (sulfide) groups is 1. The highest BCUT2D eigenvalue weighted by Gasteiger charge is 2.19. The Morgan fingerprint density at radius 2 is 2.17 bits per heavy atom. The Bertz CT molecular complexity index is 699. The Morgan fingerprint density at radius 1 is 1.39 bits per heavy atom. The van der Waals surface area contributed by atoms with Gasteiger partial charge in [-0.05, 0) is 38.5 Å². The summed E-state index contributed by atoms with van der Waals surface area (Å²) in [7, 11) is 0. The lowest BCUT2D eigenvalue weighted by Crippen LogP contribution is -2.42. The van der Waals surface area contributed by atoms with Crippen molar-refractivity contribution in [3.05, 3.63) is 42.2 Å². The van der Waals surface area contributed by atoms with E-state index >= 15 is 0 Å². The highest BCUT2D eigenvalue weighted by Crippen LogP contribution is 2.24. The summed E-state index contributed by atoms with van der Waals surface area (Å²) in [6.07, 6.45) is 3.55. The highest BCUT2D eigenvalue weighted by atomic mass is 32.2. The molecule has 23 heavy (non-hydrogen) atoms. The number of nitrogens with zero attached hydrogens (tertiary/aromatic N) is 2. The first kappa shape index (κ1) is 17.1. The number of benzene rings is 1. The number of nitrogens with one attached hydrogen (secondary N) is 2. The zero-order valence-electron chi connectivity index (χ0n) is 13.4. The molecule has 0 aliphatic carbocycles. The lowest BCUT2D eigenvalue weighted by molar-refractivity contribution is -0.119. The number of amides is 3. The van der Waals surface area contributed by atoms with Crippen LogP contribution in [-0.4, -0.2) is 33.3 Å². The van der Waals surface area contributed by atoms with E-state index in [1.807, 2.05) is 42.0 Å². The van der Waals surface area contributed by atoms with Gasteiger partial charge in [-0.3, -0.25) is 14.7 Å². The van der Waals surface area contributed by atoms with Gasteiger partial charge in [0.1, 0.15) is 0 Å². The molecular weight excluding hydrogens is 312 g/mol. The van der Waals surface area contributed by atoms with Crippen molar-refractivity contribution >= 4 is 23.7 Å². The molecule has 7 heteroatoms. The highest BCUT2D eigenvalue weighted by molar-refractivity contribution is 8.00. The van der Waals surface area contributed by atoms with Crippen molar-refractivity contribution in [3.63, 3.8) is 0 Å². The first-order chi connectivity index (χ1) is 11.0. The molecule has 2 N–H and O–H groups in total. The molecule has 0 saturated carbocycles. The average Bonchev–Trinajstić information content (AvgIpc) is 2.95. The van der Waals surface area contributed by atoms with Crippen LogP contribution in [0.4, 0.5) is 4.79 Å². The summed E-state index contributed by atoms with van der Waals surface area (Å²) in [5.74, 6) is -0.347. The fraction of sp³-hybridized carbons (Fsp3) is 0.312. The van der Waals surface area contributed by atoms with E-state index in [4.69, 9.17) is 0 Å². The Labute approximate surface area is 139 Å². The summed E-state index contributed by atoms with van der Waals surface area (Å²) in [6, 6.07) is 7.55. The quantitative estimate of drug-likeness (QED) is 0.825. The van der Waals surface area contributed by atoms with Crippen LogP contribution in [0.15, 0.2) is 41.8 Å². The van der Waals surface area contributed by atoms with Gasteiger partial charge < -0.3 is 5.32 Å². The molecule has 3 amide bonds. The average molecular weight is 332 g/mol. The van der Waals surface area contributed by atoms with Crippen LogP contribution in [-0.2, 0) is 4.79 Å². The molecule has 0 radical (unpaired) electrons. The van der Waals surface area contributed by atoms with Gasteiger partial charge >= 0.3 is 6.03 Å². The predicted octanol–water partition coefficient (Wildman–Crippen LogP) is 2.51. The zero-order valence-corrected chi connectivity index (χ0v) is 14.2. The second-order valence-electron chi connectivity index (χ2n) is 5.03. The first-order valence-corrected chi connectivity index (χ1v) is 8.25. The van der Waals surface area contributed by atoms with Crippen molar-refractivity contribution in [1.29, 1.82) is 0 Å². The van der Waals surface area contributed by atoms with Crippen LogP contribution in [0.5, 0.6) is 0 Å². The summed E-state index contributed by atoms with van der Waals surface area (Å²) < 4.78 is 1.92. The van der Waals surface area contributed by atoms with E-state index in [2.05, 4.69) is 15.6 Å². The molecule has 6 nitrogen and oxygen atoms in total. The molecule has 0 aliphatic rings. The molecular formula is C16H20N4O2S. The van der Waals surface area contributed by atoms with Gasteiger partial charge in [0.05, 0.1) is 5.25 Å². The molecule has 0 bridgehead atoms. The third-order valence-corrected chi connectivity index (χ3v) is 4.19. The second-order valence-corrected chi connectivity index (χ2v) is 6.34. The maximum Gasteiger partial charge on any atom is 0.321 e. The molecule has 0 spiro atoms. The molecule has 2 aromatic rings. The molecule has 1 aromatic heterocycles. The number of imide groups is 1. The lowest BCUT2D eigenvalue weighted by atomic mass is 10.2. The zero-order chi connectivity index (χ0) is 16.8. The van der Waals surface area contributed by atoms with Gasteiger partial charge in [-0.2, -0.15) is 0 Å². The minimum absolute atomic E-state index is 0.347. The van der Waals surface area contributed by atoms with Crippen LogP contribution in [0, 0.1) is 6.92 Å². The number of aryl methyl sites for hydroxylation is 1. The smallest absolute Gasteiger partial charge is 0.321 e. The second kappa shape index (κ2) is 7.82. The monoisotopic (exact) mass is 332 g/mol. The summed E-state index contributed by atoms with van der Waals surface area (Å²) in [5.41, 5.74) is 2.13. The standard InChI is InChI=1S/C16H20N4O2S/c1-4-17-15(22)19-14(21)12(3)23-16-18-8-9-20(16)13-7-5-6-11(2)10-13/h5-10,12H,4H2,1-3H3,(H2,17,19,21,22)/t12-/m0/s1. The number of hydrogen-bond donors (Lipinski definition) is 2. The van der Waals surface area contributed by atoms with Gasteiger partial charge in [-0.1, -0.05) is 23.9 Å². The van der Waals surface area contributed by atoms with Crippen molar-refractivity contribution in [2.24, 2.45) is 0 Å². The largest absolute Gasteiger partial charge is 0.338 e. The third kappa shape index (κ3) is 4.59. The molecule has 1 heterocycles. The maximum atomic E-state index is 12.0. The van der Waals surface area contributed by atoms with E-state index in [1.165, 1.54) is 11.8 Å². The first-order valence-electron chi connectivity index (χ1n) is 7.37. The molecule has 1 aromatic carbocycles. The van der Waals surface area contributed by atoms with E-state index in [9.17, 15) is 9.59 Å². The molecule has 0 unspecified atom stereocenters. The number of urea groups is 1. The number of carbonyl (C=O) groups excluding carboxylic acids is 2. The summed E-state index contributed by atoms with van der Waals surface area (Å²) >= 11 is 1.31. The Hall–Kier alpha value is -2.28. The van der Waals surface area contributed by atoms with Crippen LogP contribution < -0.4 is 10.6 Å². The molecule has 0 aliphatic heterocycles. The van der Waals surface area contributed by atoms with Crippen molar-refractivity contribution in [2.45, 2.75) is 31.2 Å². The van der Waals surface area contributed by atoms with Gasteiger partial charge in [0.15, 0.2) is 5.16 Å². The minimum Gasteiger partial charge on any atom is -0.338 e. The van der Waals surface area contributed by atoms with E-state index in [0.29, 0.717) is 11.7 Å². The minimum atomic E-state index is -0.480. The predicted molar refractivity (Wildman–Crippen MR) is 90.8 cm³/mol. The van der Waals surface area contributed by atoms with Crippen LogP contribution in [0.2, 0.25) is 0 Å². The SMILES string of the molecule is CCNC(=O)NC(=O)[C@H](C)Sc1nccn1-c1cccc(C)c1. The maximum absolute atomic E-state index is 12.0. The summed E-state index contributed by atoms with van der Waals surface area (Å²) in [5, 5.41) is 5.11. The van der Waals surface area contributed by atoms with Crippen LogP contribution in [0.1, 0.15) is 19.4 Å². The Kier molecular flexibility index (Phi) is 5.81. The fourth-order valence-electron chi connectivity index (χ4n) is 1.98. The van der Waals surface area contributed by atoms with Gasteiger partial charge in [0, 0.05) is 24.6 Å². The van der Waals surface area contributed by atoms with E-state index < -0.39 is 11.3 Å².